The molecule has 0 aromatic rings. The Labute approximate surface area is 142 Å². The predicted molar refractivity (Wildman–Crippen MR) is 87.3 cm³/mol. The number of hydrogen-bond donors (Lipinski definition) is 1. The zero-order chi connectivity index (χ0) is 17.3. The van der Waals surface area contributed by atoms with E-state index in [1.807, 2.05) is 4.90 Å². The van der Waals surface area contributed by atoms with Gasteiger partial charge in [-0.1, -0.05) is 6.92 Å². The molecule has 3 atom stereocenters. The Morgan fingerprint density at radius 1 is 1.21 bits per heavy atom. The molecule has 3 fully saturated rings. The highest BCUT2D eigenvalue weighted by Crippen LogP contribution is 2.27. The van der Waals surface area contributed by atoms with Gasteiger partial charge in [0, 0.05) is 32.1 Å². The number of likely N-dealkylation sites (tertiary alicyclic amines) is 3. The minimum atomic E-state index is -0.938. The van der Waals surface area contributed by atoms with Crippen molar-refractivity contribution >= 4 is 17.8 Å². The van der Waals surface area contributed by atoms with Gasteiger partial charge >= 0.3 is 5.97 Å². The number of nitrogens with zero attached hydrogens (tertiary/aromatic N) is 3. The van der Waals surface area contributed by atoms with Crippen molar-refractivity contribution in [1.29, 1.82) is 0 Å². The number of carboxylic acids is 1. The SMILES string of the molecule is CCN1CCCC1CN1CC(C(=O)N2CCCC2C(=O)O)CC1=O. The molecule has 7 nitrogen and oxygen atoms in total. The van der Waals surface area contributed by atoms with Gasteiger partial charge in [0.05, 0.1) is 5.92 Å². The lowest BCUT2D eigenvalue weighted by molar-refractivity contribution is -0.149. The normalized spacial score (nSPS) is 31.2. The minimum absolute atomic E-state index is 0.0300. The second-order valence-electron chi connectivity index (χ2n) is 7.15. The number of likely N-dealkylation sites (N-methyl/N-ethyl adjacent to an activating group) is 1. The Morgan fingerprint density at radius 3 is 2.67 bits per heavy atom. The van der Waals surface area contributed by atoms with Crippen LogP contribution in [0, 0.1) is 5.92 Å². The average molecular weight is 337 g/mol. The maximum Gasteiger partial charge on any atom is 0.326 e. The van der Waals surface area contributed by atoms with Crippen molar-refractivity contribution in [2.75, 3.05) is 32.7 Å². The van der Waals surface area contributed by atoms with Gasteiger partial charge in [-0.15, -0.1) is 0 Å². The number of hydrogen-bond acceptors (Lipinski definition) is 4. The van der Waals surface area contributed by atoms with E-state index < -0.39 is 12.0 Å². The van der Waals surface area contributed by atoms with Crippen molar-refractivity contribution in [2.24, 2.45) is 5.92 Å². The summed E-state index contributed by atoms with van der Waals surface area (Å²) in [6.07, 6.45) is 3.72. The number of carbonyl (C=O) groups is 3. The number of rotatable bonds is 5. The smallest absolute Gasteiger partial charge is 0.326 e. The second kappa shape index (κ2) is 7.09. The molecule has 3 saturated heterocycles. The van der Waals surface area contributed by atoms with Gasteiger partial charge in [0.15, 0.2) is 0 Å². The van der Waals surface area contributed by atoms with Crippen LogP contribution >= 0.6 is 0 Å². The fourth-order valence-electron chi connectivity index (χ4n) is 4.41. The van der Waals surface area contributed by atoms with Crippen molar-refractivity contribution in [2.45, 2.75) is 51.1 Å². The molecule has 0 spiro atoms. The van der Waals surface area contributed by atoms with E-state index >= 15 is 0 Å². The number of carboxylic acid groups (broad SMARTS) is 1. The largest absolute Gasteiger partial charge is 0.480 e. The van der Waals surface area contributed by atoms with E-state index in [9.17, 15) is 19.5 Å². The van der Waals surface area contributed by atoms with Crippen molar-refractivity contribution in [3.8, 4) is 0 Å². The molecule has 3 heterocycles. The summed E-state index contributed by atoms with van der Waals surface area (Å²) < 4.78 is 0. The molecule has 3 aliphatic rings. The summed E-state index contributed by atoms with van der Waals surface area (Å²) in [5.41, 5.74) is 0. The molecule has 0 aromatic carbocycles. The third kappa shape index (κ3) is 3.27. The molecule has 0 aromatic heterocycles. The average Bonchev–Trinajstić information content (AvgIpc) is 3.27. The highest BCUT2D eigenvalue weighted by Gasteiger charge is 2.42. The monoisotopic (exact) mass is 337 g/mol. The van der Waals surface area contributed by atoms with Crippen LogP contribution in [0.2, 0.25) is 0 Å². The topological polar surface area (TPSA) is 81.2 Å². The molecule has 0 radical (unpaired) electrons. The Kier molecular flexibility index (Phi) is 5.08. The Morgan fingerprint density at radius 2 is 1.96 bits per heavy atom. The van der Waals surface area contributed by atoms with Gasteiger partial charge in [0.1, 0.15) is 6.04 Å². The van der Waals surface area contributed by atoms with Crippen LogP contribution in [0.1, 0.15) is 39.0 Å². The molecule has 1 N–H and O–H groups in total. The van der Waals surface area contributed by atoms with Crippen LogP contribution in [-0.2, 0) is 14.4 Å². The van der Waals surface area contributed by atoms with E-state index in [1.165, 1.54) is 4.90 Å². The highest BCUT2D eigenvalue weighted by atomic mass is 16.4. The van der Waals surface area contributed by atoms with Gasteiger partial charge in [0.2, 0.25) is 11.8 Å². The lowest BCUT2D eigenvalue weighted by atomic mass is 10.1. The van der Waals surface area contributed by atoms with Gasteiger partial charge in [-0.2, -0.15) is 0 Å². The standard InChI is InChI=1S/C17H27N3O4/c1-2-18-7-3-5-13(18)11-19-10-12(9-15(19)21)16(22)20-8-4-6-14(20)17(23)24/h12-14H,2-11H2,1H3,(H,23,24). The van der Waals surface area contributed by atoms with Crippen LogP contribution in [0.3, 0.4) is 0 Å². The molecule has 134 valence electrons. The quantitative estimate of drug-likeness (QED) is 0.785. The van der Waals surface area contributed by atoms with Crippen molar-refractivity contribution in [3.05, 3.63) is 0 Å². The van der Waals surface area contributed by atoms with E-state index in [4.69, 9.17) is 0 Å². The molecule has 0 saturated carbocycles. The van der Waals surface area contributed by atoms with Crippen LogP contribution in [0.5, 0.6) is 0 Å². The zero-order valence-corrected chi connectivity index (χ0v) is 14.3. The summed E-state index contributed by atoms with van der Waals surface area (Å²) in [7, 11) is 0. The van der Waals surface area contributed by atoms with Gasteiger partial charge in [-0.05, 0) is 38.8 Å². The van der Waals surface area contributed by atoms with Crippen LogP contribution in [0.4, 0.5) is 0 Å². The van der Waals surface area contributed by atoms with E-state index in [-0.39, 0.29) is 24.2 Å². The molecule has 0 aliphatic carbocycles. The fourth-order valence-corrected chi connectivity index (χ4v) is 4.41. The van der Waals surface area contributed by atoms with Gasteiger partial charge in [-0.25, -0.2) is 4.79 Å². The van der Waals surface area contributed by atoms with Crippen LogP contribution in [0.25, 0.3) is 0 Å². The van der Waals surface area contributed by atoms with E-state index in [0.717, 1.165) is 32.4 Å². The summed E-state index contributed by atoms with van der Waals surface area (Å²) in [5.74, 6) is -1.45. The molecular weight excluding hydrogens is 310 g/mol. The summed E-state index contributed by atoms with van der Waals surface area (Å²) >= 11 is 0. The first kappa shape index (κ1) is 17.2. The first-order valence-electron chi connectivity index (χ1n) is 9.06. The lowest BCUT2D eigenvalue weighted by Gasteiger charge is -2.28. The first-order chi connectivity index (χ1) is 11.5. The number of amides is 2. The van der Waals surface area contributed by atoms with E-state index in [0.29, 0.717) is 32.1 Å². The second-order valence-corrected chi connectivity index (χ2v) is 7.15. The van der Waals surface area contributed by atoms with E-state index in [1.54, 1.807) is 0 Å². The predicted octanol–water partition coefficient (Wildman–Crippen LogP) is 0.395. The minimum Gasteiger partial charge on any atom is -0.480 e. The number of carbonyl (C=O) groups excluding carboxylic acids is 2. The third-order valence-corrected chi connectivity index (χ3v) is 5.72. The van der Waals surface area contributed by atoms with Gasteiger partial charge in [0.25, 0.3) is 0 Å². The van der Waals surface area contributed by atoms with Crippen molar-refractivity contribution < 1.29 is 19.5 Å². The first-order valence-corrected chi connectivity index (χ1v) is 9.06. The maximum absolute atomic E-state index is 12.7. The highest BCUT2D eigenvalue weighted by molar-refractivity contribution is 5.91. The molecule has 24 heavy (non-hydrogen) atoms. The summed E-state index contributed by atoms with van der Waals surface area (Å²) in [6, 6.07) is -0.321. The molecule has 0 bridgehead atoms. The molecule has 7 heteroatoms. The van der Waals surface area contributed by atoms with Crippen LogP contribution in [0.15, 0.2) is 0 Å². The summed E-state index contributed by atoms with van der Waals surface area (Å²) in [6.45, 7) is 5.83. The fraction of sp³-hybridized carbons (Fsp3) is 0.824. The van der Waals surface area contributed by atoms with E-state index in [2.05, 4.69) is 11.8 Å². The molecule has 2 amide bonds. The Hall–Kier alpha value is -1.63. The van der Waals surface area contributed by atoms with Crippen molar-refractivity contribution in [3.63, 3.8) is 0 Å². The van der Waals surface area contributed by atoms with Crippen LogP contribution < -0.4 is 0 Å². The molecule has 3 unspecified atom stereocenters. The summed E-state index contributed by atoms with van der Waals surface area (Å²) in [5, 5.41) is 9.25. The Balaban J connectivity index is 1.60. The molecule has 3 aliphatic heterocycles. The molecule has 3 rings (SSSR count). The third-order valence-electron chi connectivity index (χ3n) is 5.72. The zero-order valence-electron chi connectivity index (χ0n) is 14.3. The van der Waals surface area contributed by atoms with Gasteiger partial charge < -0.3 is 14.9 Å². The van der Waals surface area contributed by atoms with Crippen LogP contribution in [-0.4, -0.2) is 82.4 Å². The summed E-state index contributed by atoms with van der Waals surface area (Å²) in [4.78, 5) is 42.0. The molecular formula is C17H27N3O4. The Bertz CT molecular complexity index is 524. The number of aliphatic carboxylic acids is 1. The van der Waals surface area contributed by atoms with Gasteiger partial charge in [-0.3, -0.25) is 14.5 Å². The van der Waals surface area contributed by atoms with Crippen molar-refractivity contribution in [1.82, 2.24) is 14.7 Å². The maximum atomic E-state index is 12.7. The lowest BCUT2D eigenvalue weighted by Crippen LogP contribution is -2.45.